The fourth-order valence-electron chi connectivity index (χ4n) is 2.28. The second-order valence-electron chi connectivity index (χ2n) is 4.66. The molecule has 0 atom stereocenters. The van der Waals surface area contributed by atoms with Gasteiger partial charge in [-0.15, -0.1) is 0 Å². The van der Waals surface area contributed by atoms with Crippen LogP contribution in [0.25, 0.3) is 0 Å². The molecule has 1 saturated carbocycles. The number of nitrogens with one attached hydrogen (secondary N) is 1. The highest BCUT2D eigenvalue weighted by Gasteiger charge is 2.26. The highest BCUT2D eigenvalue weighted by Crippen LogP contribution is 2.33. The van der Waals surface area contributed by atoms with Crippen LogP contribution in [0.3, 0.4) is 0 Å². The van der Waals surface area contributed by atoms with Crippen LogP contribution >= 0.6 is 0 Å². The first-order chi connectivity index (χ1) is 7.34. The van der Waals surface area contributed by atoms with E-state index in [0.717, 1.165) is 30.4 Å². The molecule has 1 aliphatic heterocycles. The van der Waals surface area contributed by atoms with Crippen molar-refractivity contribution in [1.82, 2.24) is 4.90 Å². The van der Waals surface area contributed by atoms with Gasteiger partial charge in [-0.05, 0) is 17.9 Å². The van der Waals surface area contributed by atoms with Crippen LogP contribution in [-0.4, -0.2) is 17.3 Å². The minimum Gasteiger partial charge on any atom is -0.352 e. The third kappa shape index (κ3) is 1.65. The molecule has 0 unspecified atom stereocenters. The minimum absolute atomic E-state index is 0.728. The van der Waals surface area contributed by atoms with Gasteiger partial charge < -0.3 is 4.90 Å². The molecule has 15 heavy (non-hydrogen) atoms. The molecule has 0 amide bonds. The predicted molar refractivity (Wildman–Crippen MR) is 61.0 cm³/mol. The van der Waals surface area contributed by atoms with Crippen molar-refractivity contribution in [1.29, 1.82) is 5.41 Å². The highest BCUT2D eigenvalue weighted by molar-refractivity contribution is 6.00. The Morgan fingerprint density at radius 1 is 1.27 bits per heavy atom. The molecule has 1 heterocycles. The third-order valence-corrected chi connectivity index (χ3v) is 3.45. The predicted octanol–water partition coefficient (Wildman–Crippen LogP) is 2.63. The van der Waals surface area contributed by atoms with Crippen LogP contribution in [0.1, 0.15) is 30.4 Å². The molecule has 0 spiro atoms. The Labute approximate surface area is 90.4 Å². The van der Waals surface area contributed by atoms with Crippen molar-refractivity contribution in [3.05, 3.63) is 35.4 Å². The second-order valence-corrected chi connectivity index (χ2v) is 4.66. The van der Waals surface area contributed by atoms with E-state index >= 15 is 0 Å². The van der Waals surface area contributed by atoms with Gasteiger partial charge in [-0.1, -0.05) is 37.1 Å². The largest absolute Gasteiger partial charge is 0.352 e. The summed E-state index contributed by atoms with van der Waals surface area (Å²) in [5, 5.41) is 8.08. The quantitative estimate of drug-likeness (QED) is 0.797. The van der Waals surface area contributed by atoms with E-state index in [-0.39, 0.29) is 0 Å². The van der Waals surface area contributed by atoms with E-state index in [1.165, 1.54) is 24.8 Å². The fourth-order valence-corrected chi connectivity index (χ4v) is 2.28. The van der Waals surface area contributed by atoms with Crippen LogP contribution < -0.4 is 0 Å². The van der Waals surface area contributed by atoms with Gasteiger partial charge in [0.1, 0.15) is 5.84 Å². The summed E-state index contributed by atoms with van der Waals surface area (Å²) >= 11 is 0. The lowest BCUT2D eigenvalue weighted by Gasteiger charge is -2.17. The maximum absolute atomic E-state index is 8.08. The van der Waals surface area contributed by atoms with Crippen LogP contribution in [0.5, 0.6) is 0 Å². The average molecular weight is 200 g/mol. The molecular formula is C13H16N2. The lowest BCUT2D eigenvalue weighted by atomic mass is 10.1. The Kier molecular flexibility index (Phi) is 2.01. The number of benzene rings is 1. The maximum atomic E-state index is 8.08. The molecule has 0 aromatic heterocycles. The van der Waals surface area contributed by atoms with E-state index in [1.54, 1.807) is 0 Å². The van der Waals surface area contributed by atoms with Crippen molar-refractivity contribution in [3.63, 3.8) is 0 Å². The molecule has 78 valence electrons. The summed E-state index contributed by atoms with van der Waals surface area (Å²) in [6, 6.07) is 8.30. The molecular weight excluding hydrogens is 184 g/mol. The van der Waals surface area contributed by atoms with Crippen LogP contribution in [0, 0.1) is 11.3 Å². The van der Waals surface area contributed by atoms with Gasteiger partial charge in [-0.25, -0.2) is 0 Å². The van der Waals surface area contributed by atoms with Crippen molar-refractivity contribution in [2.75, 3.05) is 6.54 Å². The Bertz CT molecular complexity index is 393. The van der Waals surface area contributed by atoms with Gasteiger partial charge in [-0.2, -0.15) is 0 Å². The van der Waals surface area contributed by atoms with Gasteiger partial charge in [0.2, 0.25) is 0 Å². The molecule has 1 N–H and O–H groups in total. The van der Waals surface area contributed by atoms with Crippen LogP contribution in [0.4, 0.5) is 0 Å². The van der Waals surface area contributed by atoms with E-state index in [4.69, 9.17) is 5.41 Å². The molecule has 1 aromatic carbocycles. The zero-order valence-electron chi connectivity index (χ0n) is 8.87. The van der Waals surface area contributed by atoms with Gasteiger partial charge in [0.15, 0.2) is 0 Å². The van der Waals surface area contributed by atoms with Gasteiger partial charge in [0.25, 0.3) is 0 Å². The standard InChI is InChI=1S/C13H16N2/c14-13-12-4-2-1-3-11(12)9-15(13)8-7-10-5-6-10/h1-4,10,14H,5-9H2. The van der Waals surface area contributed by atoms with Crippen molar-refractivity contribution < 1.29 is 0 Å². The van der Waals surface area contributed by atoms with E-state index in [2.05, 4.69) is 23.1 Å². The zero-order valence-corrected chi connectivity index (χ0v) is 8.87. The monoisotopic (exact) mass is 200 g/mol. The van der Waals surface area contributed by atoms with E-state index in [1.807, 2.05) is 6.07 Å². The van der Waals surface area contributed by atoms with Crippen LogP contribution in [-0.2, 0) is 6.54 Å². The Morgan fingerprint density at radius 2 is 2.07 bits per heavy atom. The topological polar surface area (TPSA) is 27.1 Å². The van der Waals surface area contributed by atoms with E-state index in [0.29, 0.717) is 0 Å². The first kappa shape index (κ1) is 8.96. The number of hydrogen-bond acceptors (Lipinski definition) is 1. The van der Waals surface area contributed by atoms with Crippen molar-refractivity contribution in [2.24, 2.45) is 5.92 Å². The summed E-state index contributed by atoms with van der Waals surface area (Å²) in [7, 11) is 0. The lowest BCUT2D eigenvalue weighted by molar-refractivity contribution is 0.407. The smallest absolute Gasteiger partial charge is 0.128 e. The summed E-state index contributed by atoms with van der Waals surface area (Å²) in [4.78, 5) is 2.21. The summed E-state index contributed by atoms with van der Waals surface area (Å²) < 4.78 is 0. The Hall–Kier alpha value is -1.31. The summed E-state index contributed by atoms with van der Waals surface area (Å²) in [6.45, 7) is 2.01. The molecule has 1 aliphatic carbocycles. The molecule has 0 bridgehead atoms. The summed E-state index contributed by atoms with van der Waals surface area (Å²) in [5.74, 6) is 1.69. The van der Waals surface area contributed by atoms with Gasteiger partial charge >= 0.3 is 0 Å². The average Bonchev–Trinajstić information content (AvgIpc) is 3.03. The van der Waals surface area contributed by atoms with E-state index < -0.39 is 0 Å². The molecule has 0 saturated heterocycles. The number of hydrogen-bond donors (Lipinski definition) is 1. The lowest BCUT2D eigenvalue weighted by Crippen LogP contribution is -2.25. The first-order valence-corrected chi connectivity index (χ1v) is 5.76. The normalized spacial score (nSPS) is 19.5. The van der Waals surface area contributed by atoms with Gasteiger partial charge in [0.05, 0.1) is 0 Å². The minimum atomic E-state index is 0.728. The zero-order chi connectivity index (χ0) is 10.3. The SMILES string of the molecule is N=C1c2ccccc2CN1CCC1CC1. The van der Waals surface area contributed by atoms with Gasteiger partial charge in [-0.3, -0.25) is 5.41 Å². The molecule has 0 radical (unpaired) electrons. The molecule has 2 aliphatic rings. The summed E-state index contributed by atoms with van der Waals surface area (Å²) in [6.07, 6.45) is 4.10. The van der Waals surface area contributed by atoms with Crippen molar-refractivity contribution in [3.8, 4) is 0 Å². The van der Waals surface area contributed by atoms with Crippen molar-refractivity contribution in [2.45, 2.75) is 25.8 Å². The Balaban J connectivity index is 1.71. The number of fused-ring (bicyclic) bond motifs is 1. The van der Waals surface area contributed by atoms with Crippen molar-refractivity contribution >= 4 is 5.84 Å². The van der Waals surface area contributed by atoms with E-state index in [9.17, 15) is 0 Å². The third-order valence-electron chi connectivity index (χ3n) is 3.45. The second kappa shape index (κ2) is 3.37. The molecule has 1 fully saturated rings. The molecule has 1 aromatic rings. The first-order valence-electron chi connectivity index (χ1n) is 5.76. The molecule has 2 heteroatoms. The van der Waals surface area contributed by atoms with Gasteiger partial charge in [0, 0.05) is 18.7 Å². The number of amidine groups is 1. The Morgan fingerprint density at radius 3 is 2.80 bits per heavy atom. The van der Waals surface area contributed by atoms with Crippen LogP contribution in [0.2, 0.25) is 0 Å². The molecule has 3 rings (SSSR count). The summed E-state index contributed by atoms with van der Waals surface area (Å²) in [5.41, 5.74) is 2.45. The fraction of sp³-hybridized carbons (Fsp3) is 0.462. The van der Waals surface area contributed by atoms with Crippen LogP contribution in [0.15, 0.2) is 24.3 Å². The maximum Gasteiger partial charge on any atom is 0.128 e. The molecule has 2 nitrogen and oxygen atoms in total. The highest BCUT2D eigenvalue weighted by atomic mass is 15.2. The number of rotatable bonds is 3. The number of nitrogens with zero attached hydrogens (tertiary/aromatic N) is 1.